The average Bonchev–Trinajstić information content (AvgIpc) is 2.85. The predicted octanol–water partition coefficient (Wildman–Crippen LogP) is 3.11. The third kappa shape index (κ3) is 3.15. The highest BCUT2D eigenvalue weighted by Crippen LogP contribution is 2.21. The second-order valence-electron chi connectivity index (χ2n) is 3.93. The van der Waals surface area contributed by atoms with Crippen molar-refractivity contribution in [1.29, 1.82) is 0 Å². The summed E-state index contributed by atoms with van der Waals surface area (Å²) < 4.78 is 44.7. The van der Waals surface area contributed by atoms with Crippen LogP contribution in [0.4, 0.5) is 4.39 Å². The lowest BCUT2D eigenvalue weighted by Gasteiger charge is -2.12. The van der Waals surface area contributed by atoms with E-state index in [-0.39, 0.29) is 9.92 Å². The Hall–Kier alpha value is -1.37. The number of rotatable bonds is 4. The van der Waals surface area contributed by atoms with Gasteiger partial charge in [0.1, 0.15) is 11.6 Å². The van der Waals surface area contributed by atoms with E-state index in [0.717, 1.165) is 18.2 Å². The molecule has 1 atom stereocenters. The first-order valence-corrected chi connectivity index (χ1v) is 7.27. The number of benzene rings is 1. The molecule has 0 radical (unpaired) electrons. The third-order valence-corrected chi connectivity index (χ3v) is 4.33. The maximum Gasteiger partial charge on any atom is 0.241 e. The maximum atomic E-state index is 13.0. The zero-order valence-corrected chi connectivity index (χ0v) is 11.5. The predicted molar refractivity (Wildman–Crippen MR) is 68.9 cm³/mol. The summed E-state index contributed by atoms with van der Waals surface area (Å²) in [6.07, 6.45) is 1.45. The van der Waals surface area contributed by atoms with Crippen LogP contribution in [0.3, 0.4) is 0 Å². The van der Waals surface area contributed by atoms with Gasteiger partial charge in [-0.2, -0.15) is 0 Å². The lowest BCUT2D eigenvalue weighted by Crippen LogP contribution is -2.26. The summed E-state index contributed by atoms with van der Waals surface area (Å²) in [5.41, 5.74) is 0. The summed E-state index contributed by atoms with van der Waals surface area (Å²) in [5.74, 6) is -0.184. The maximum absolute atomic E-state index is 13.0. The molecule has 1 aromatic heterocycles. The lowest BCUT2D eigenvalue weighted by atomic mass is 10.3. The fraction of sp³-hybridized carbons (Fsp3) is 0.167. The number of hydrogen-bond donors (Lipinski definition) is 1. The second kappa shape index (κ2) is 5.32. The van der Waals surface area contributed by atoms with Crippen LogP contribution in [0.5, 0.6) is 0 Å². The van der Waals surface area contributed by atoms with Gasteiger partial charge in [0.2, 0.25) is 10.0 Å². The molecule has 0 bridgehead atoms. The Kier molecular flexibility index (Phi) is 3.93. The van der Waals surface area contributed by atoms with E-state index in [9.17, 15) is 12.8 Å². The van der Waals surface area contributed by atoms with Crippen molar-refractivity contribution in [2.75, 3.05) is 0 Å². The van der Waals surface area contributed by atoms with Crippen molar-refractivity contribution in [1.82, 2.24) is 4.72 Å². The van der Waals surface area contributed by atoms with Crippen molar-refractivity contribution < 1.29 is 17.2 Å². The van der Waals surface area contributed by atoms with E-state index in [0.29, 0.717) is 5.76 Å². The molecule has 19 heavy (non-hydrogen) atoms. The number of sulfonamides is 1. The zero-order valence-electron chi connectivity index (χ0n) is 9.93. The summed E-state index contributed by atoms with van der Waals surface area (Å²) in [6, 6.07) is 6.00. The minimum atomic E-state index is -3.79. The Balaban J connectivity index is 2.25. The van der Waals surface area contributed by atoms with Gasteiger partial charge < -0.3 is 4.42 Å². The minimum absolute atomic E-state index is 0.0997. The Morgan fingerprint density at radius 2 is 2.11 bits per heavy atom. The largest absolute Gasteiger partial charge is 0.468 e. The Labute approximate surface area is 115 Å². The highest BCUT2D eigenvalue weighted by atomic mass is 35.5. The van der Waals surface area contributed by atoms with Gasteiger partial charge in [0.15, 0.2) is 0 Å². The van der Waals surface area contributed by atoms with E-state index >= 15 is 0 Å². The summed E-state index contributed by atoms with van der Waals surface area (Å²) in [4.78, 5) is -0.0997. The summed E-state index contributed by atoms with van der Waals surface area (Å²) >= 11 is 5.57. The number of nitrogens with one attached hydrogen (secondary N) is 1. The van der Waals surface area contributed by atoms with Crippen LogP contribution in [-0.4, -0.2) is 8.42 Å². The van der Waals surface area contributed by atoms with Crippen molar-refractivity contribution in [3.05, 3.63) is 53.2 Å². The Morgan fingerprint density at radius 3 is 2.68 bits per heavy atom. The van der Waals surface area contributed by atoms with Crippen LogP contribution in [-0.2, 0) is 10.0 Å². The van der Waals surface area contributed by atoms with E-state index < -0.39 is 21.9 Å². The first kappa shape index (κ1) is 14.0. The van der Waals surface area contributed by atoms with Gasteiger partial charge in [-0.1, -0.05) is 11.6 Å². The zero-order chi connectivity index (χ0) is 14.0. The van der Waals surface area contributed by atoms with Gasteiger partial charge in [-0.3, -0.25) is 0 Å². The molecule has 4 nitrogen and oxygen atoms in total. The summed E-state index contributed by atoms with van der Waals surface area (Å²) in [6.45, 7) is 1.64. The average molecular weight is 304 g/mol. The normalized spacial score (nSPS) is 13.4. The second-order valence-corrected chi connectivity index (χ2v) is 6.06. The van der Waals surface area contributed by atoms with E-state index in [4.69, 9.17) is 16.0 Å². The van der Waals surface area contributed by atoms with Crippen LogP contribution in [0.25, 0.3) is 0 Å². The van der Waals surface area contributed by atoms with Gasteiger partial charge in [0.05, 0.1) is 22.2 Å². The van der Waals surface area contributed by atoms with Gasteiger partial charge in [0, 0.05) is 0 Å². The van der Waals surface area contributed by atoms with E-state index in [1.54, 1.807) is 19.1 Å². The number of hydrogen-bond acceptors (Lipinski definition) is 3. The first-order valence-electron chi connectivity index (χ1n) is 5.41. The molecule has 0 fully saturated rings. The molecule has 2 rings (SSSR count). The standard InChI is InChI=1S/C12H11ClFNO3S/c1-8(12-3-2-6-18-12)15-19(16,17)9-4-5-11(14)10(13)7-9/h2-8,15H,1H3/t8-/m1/s1. The van der Waals surface area contributed by atoms with Crippen LogP contribution >= 0.6 is 11.6 Å². The molecular formula is C12H11ClFNO3S. The van der Waals surface area contributed by atoms with Gasteiger partial charge >= 0.3 is 0 Å². The quantitative estimate of drug-likeness (QED) is 0.944. The summed E-state index contributed by atoms with van der Waals surface area (Å²) in [5, 5.41) is -0.242. The molecule has 1 heterocycles. The third-order valence-electron chi connectivity index (χ3n) is 2.50. The van der Waals surface area contributed by atoms with Crippen molar-refractivity contribution in [2.24, 2.45) is 0 Å². The fourth-order valence-corrected chi connectivity index (χ4v) is 3.02. The van der Waals surface area contributed by atoms with Crippen molar-refractivity contribution in [2.45, 2.75) is 17.9 Å². The molecule has 7 heteroatoms. The molecule has 2 aromatic rings. The van der Waals surface area contributed by atoms with E-state index in [1.807, 2.05) is 0 Å². The highest BCUT2D eigenvalue weighted by molar-refractivity contribution is 7.89. The van der Waals surface area contributed by atoms with Crippen LogP contribution in [0.2, 0.25) is 5.02 Å². The van der Waals surface area contributed by atoms with E-state index in [1.165, 1.54) is 6.26 Å². The van der Waals surface area contributed by atoms with Crippen molar-refractivity contribution in [3.63, 3.8) is 0 Å². The van der Waals surface area contributed by atoms with Crippen molar-refractivity contribution in [3.8, 4) is 0 Å². The van der Waals surface area contributed by atoms with Crippen LogP contribution in [0, 0.1) is 5.82 Å². The molecule has 102 valence electrons. The SMILES string of the molecule is C[C@@H](NS(=O)(=O)c1ccc(F)c(Cl)c1)c1ccco1. The molecule has 0 saturated heterocycles. The molecule has 0 aliphatic carbocycles. The first-order chi connectivity index (χ1) is 8.90. The number of furan rings is 1. The Bertz CT molecular complexity index is 670. The van der Waals surface area contributed by atoms with Gasteiger partial charge in [0.25, 0.3) is 0 Å². The number of halogens is 2. The molecule has 0 amide bonds. The topological polar surface area (TPSA) is 59.3 Å². The molecule has 0 unspecified atom stereocenters. The van der Waals surface area contributed by atoms with Gasteiger partial charge in [-0.25, -0.2) is 17.5 Å². The van der Waals surface area contributed by atoms with Gasteiger partial charge in [-0.15, -0.1) is 0 Å². The Morgan fingerprint density at radius 1 is 1.37 bits per heavy atom. The van der Waals surface area contributed by atoms with Gasteiger partial charge in [-0.05, 0) is 37.3 Å². The van der Waals surface area contributed by atoms with Crippen LogP contribution in [0.15, 0.2) is 45.9 Å². The highest BCUT2D eigenvalue weighted by Gasteiger charge is 2.20. The molecule has 0 spiro atoms. The van der Waals surface area contributed by atoms with Crippen LogP contribution in [0.1, 0.15) is 18.7 Å². The van der Waals surface area contributed by atoms with Crippen molar-refractivity contribution >= 4 is 21.6 Å². The molecule has 1 aromatic carbocycles. The monoisotopic (exact) mass is 303 g/mol. The summed E-state index contributed by atoms with van der Waals surface area (Å²) in [7, 11) is -3.79. The van der Waals surface area contributed by atoms with E-state index in [2.05, 4.69) is 4.72 Å². The molecule has 0 aliphatic heterocycles. The smallest absolute Gasteiger partial charge is 0.241 e. The fourth-order valence-electron chi connectivity index (χ4n) is 1.54. The minimum Gasteiger partial charge on any atom is -0.468 e. The van der Waals surface area contributed by atoms with Crippen LogP contribution < -0.4 is 4.72 Å². The molecule has 0 aliphatic rings. The molecule has 1 N–H and O–H groups in total. The molecular weight excluding hydrogens is 293 g/mol. The molecule has 0 saturated carbocycles. The lowest BCUT2D eigenvalue weighted by molar-refractivity contribution is 0.459.